The van der Waals surface area contributed by atoms with Crippen LogP contribution in [0.1, 0.15) is 25.6 Å². The predicted octanol–water partition coefficient (Wildman–Crippen LogP) is 2.27. The van der Waals surface area contributed by atoms with Crippen LogP contribution in [0, 0.1) is 0 Å². The van der Waals surface area contributed by atoms with E-state index in [4.69, 9.17) is 0 Å². The summed E-state index contributed by atoms with van der Waals surface area (Å²) in [5.74, 6) is 0.911. The Balaban J connectivity index is 2.77. The van der Waals surface area contributed by atoms with Crippen LogP contribution < -0.4 is 0 Å². The first-order valence-corrected chi connectivity index (χ1v) is 3.90. The van der Waals surface area contributed by atoms with Crippen LogP contribution in [-0.4, -0.2) is 16.0 Å². The Morgan fingerprint density at radius 3 is 2.67 bits per heavy atom. The van der Waals surface area contributed by atoms with E-state index >= 15 is 0 Å². The van der Waals surface area contributed by atoms with Crippen molar-refractivity contribution in [1.82, 2.24) is 9.55 Å². The highest BCUT2D eigenvalue weighted by atomic mass is 19.3. The topological polar surface area (TPSA) is 17.8 Å². The van der Waals surface area contributed by atoms with Gasteiger partial charge in [0.2, 0.25) is 0 Å². The van der Waals surface area contributed by atoms with Gasteiger partial charge in [-0.2, -0.15) is 0 Å². The summed E-state index contributed by atoms with van der Waals surface area (Å²) in [6.45, 7) is 3.61. The number of alkyl halides is 2. The van der Waals surface area contributed by atoms with Gasteiger partial charge in [-0.3, -0.25) is 0 Å². The second-order valence-electron chi connectivity index (χ2n) is 2.98. The van der Waals surface area contributed by atoms with Crippen LogP contribution >= 0.6 is 0 Å². The number of aromatic nitrogens is 2. The zero-order chi connectivity index (χ0) is 9.14. The maximum Gasteiger partial charge on any atom is 0.256 e. The largest absolute Gasteiger partial charge is 0.329 e. The molecular weight excluding hydrogens is 162 g/mol. The molecule has 0 amide bonds. The number of hydrogen-bond acceptors (Lipinski definition) is 1. The normalized spacial score (nSPS) is 11.5. The van der Waals surface area contributed by atoms with Gasteiger partial charge in [-0.25, -0.2) is 13.8 Å². The van der Waals surface area contributed by atoms with E-state index in [-0.39, 0.29) is 12.5 Å². The Morgan fingerprint density at radius 2 is 2.17 bits per heavy atom. The molecule has 0 unspecified atom stereocenters. The van der Waals surface area contributed by atoms with Crippen LogP contribution in [0.5, 0.6) is 0 Å². The van der Waals surface area contributed by atoms with Crippen LogP contribution in [-0.2, 0) is 6.54 Å². The van der Waals surface area contributed by atoms with Crippen molar-refractivity contribution in [1.29, 1.82) is 0 Å². The lowest BCUT2D eigenvalue weighted by atomic mass is 10.2. The van der Waals surface area contributed by atoms with E-state index in [1.54, 1.807) is 12.4 Å². The van der Waals surface area contributed by atoms with E-state index in [0.717, 1.165) is 5.82 Å². The highest BCUT2D eigenvalue weighted by Crippen LogP contribution is 2.12. The van der Waals surface area contributed by atoms with E-state index in [2.05, 4.69) is 4.98 Å². The Bertz CT molecular complexity index is 243. The van der Waals surface area contributed by atoms with E-state index in [9.17, 15) is 8.78 Å². The van der Waals surface area contributed by atoms with Gasteiger partial charge < -0.3 is 4.57 Å². The molecular formula is C8H12F2N2. The minimum absolute atomic E-state index is 0.193. The summed E-state index contributed by atoms with van der Waals surface area (Å²) in [5.41, 5.74) is 0. The van der Waals surface area contributed by atoms with E-state index < -0.39 is 6.43 Å². The zero-order valence-corrected chi connectivity index (χ0v) is 7.17. The van der Waals surface area contributed by atoms with Crippen LogP contribution in [0.3, 0.4) is 0 Å². The third-order valence-corrected chi connectivity index (χ3v) is 1.60. The third kappa shape index (κ3) is 2.03. The molecule has 12 heavy (non-hydrogen) atoms. The van der Waals surface area contributed by atoms with Gasteiger partial charge in [0.05, 0.1) is 6.54 Å². The molecule has 0 aliphatic heterocycles. The quantitative estimate of drug-likeness (QED) is 0.687. The summed E-state index contributed by atoms with van der Waals surface area (Å²) in [5, 5.41) is 0. The molecule has 0 fully saturated rings. The van der Waals surface area contributed by atoms with Crippen molar-refractivity contribution in [3.63, 3.8) is 0 Å². The number of halogens is 2. The Labute approximate surface area is 70.2 Å². The van der Waals surface area contributed by atoms with Crippen molar-refractivity contribution in [2.75, 3.05) is 0 Å². The highest BCUT2D eigenvalue weighted by molar-refractivity contribution is 4.97. The minimum Gasteiger partial charge on any atom is -0.329 e. The van der Waals surface area contributed by atoms with Crippen molar-refractivity contribution in [3.8, 4) is 0 Å². The molecule has 0 N–H and O–H groups in total. The number of rotatable bonds is 3. The molecule has 0 aliphatic carbocycles. The lowest BCUT2D eigenvalue weighted by Gasteiger charge is -2.08. The fraction of sp³-hybridized carbons (Fsp3) is 0.625. The van der Waals surface area contributed by atoms with Gasteiger partial charge in [-0.15, -0.1) is 0 Å². The average Bonchev–Trinajstić information content (AvgIpc) is 2.33. The summed E-state index contributed by atoms with van der Waals surface area (Å²) in [7, 11) is 0. The Hall–Kier alpha value is -0.930. The number of hydrogen-bond donors (Lipinski definition) is 0. The maximum absolute atomic E-state index is 12.0. The lowest BCUT2D eigenvalue weighted by Crippen LogP contribution is -2.10. The third-order valence-electron chi connectivity index (χ3n) is 1.60. The first kappa shape index (κ1) is 9.16. The summed E-state index contributed by atoms with van der Waals surface area (Å²) in [6, 6.07) is 0. The zero-order valence-electron chi connectivity index (χ0n) is 7.17. The Kier molecular flexibility index (Phi) is 2.78. The van der Waals surface area contributed by atoms with Gasteiger partial charge in [0.25, 0.3) is 6.43 Å². The summed E-state index contributed by atoms with van der Waals surface area (Å²) in [4.78, 5) is 4.00. The van der Waals surface area contributed by atoms with Crippen molar-refractivity contribution in [2.45, 2.75) is 32.7 Å². The minimum atomic E-state index is -2.31. The lowest BCUT2D eigenvalue weighted by molar-refractivity contribution is 0.125. The highest BCUT2D eigenvalue weighted by Gasteiger charge is 2.10. The molecule has 0 radical (unpaired) electrons. The van der Waals surface area contributed by atoms with E-state index in [1.165, 1.54) is 4.57 Å². The van der Waals surface area contributed by atoms with E-state index in [1.807, 2.05) is 13.8 Å². The van der Waals surface area contributed by atoms with Crippen molar-refractivity contribution in [2.24, 2.45) is 0 Å². The standard InChI is InChI=1S/C8H12F2N2/c1-6(2)8-11-3-4-12(8)5-7(9)10/h3-4,6-7H,5H2,1-2H3. The van der Waals surface area contributed by atoms with Crippen LogP contribution in [0.4, 0.5) is 8.78 Å². The molecule has 1 rings (SSSR count). The van der Waals surface area contributed by atoms with Gasteiger partial charge in [0, 0.05) is 18.3 Å². The molecule has 0 aromatic carbocycles. The van der Waals surface area contributed by atoms with Gasteiger partial charge in [0.1, 0.15) is 5.82 Å². The predicted molar refractivity (Wildman–Crippen MR) is 42.3 cm³/mol. The van der Waals surface area contributed by atoms with Gasteiger partial charge in [-0.05, 0) is 0 Å². The molecule has 0 saturated carbocycles. The van der Waals surface area contributed by atoms with Crippen molar-refractivity contribution in [3.05, 3.63) is 18.2 Å². The second kappa shape index (κ2) is 3.65. The summed E-state index contributed by atoms with van der Waals surface area (Å²) in [6.07, 6.45) is 0.829. The molecule has 0 spiro atoms. The SMILES string of the molecule is CC(C)c1nccn1CC(F)F. The molecule has 0 saturated heterocycles. The van der Waals surface area contributed by atoms with Crippen LogP contribution in [0.25, 0.3) is 0 Å². The van der Waals surface area contributed by atoms with Crippen LogP contribution in [0.2, 0.25) is 0 Å². The fourth-order valence-corrected chi connectivity index (χ4v) is 1.12. The summed E-state index contributed by atoms with van der Waals surface area (Å²) < 4.78 is 25.5. The average molecular weight is 174 g/mol. The number of nitrogens with zero attached hydrogens (tertiary/aromatic N) is 2. The molecule has 1 aromatic heterocycles. The molecule has 1 aromatic rings. The monoisotopic (exact) mass is 174 g/mol. The molecule has 1 heterocycles. The number of imidazole rings is 1. The van der Waals surface area contributed by atoms with Crippen molar-refractivity contribution < 1.29 is 8.78 Å². The van der Waals surface area contributed by atoms with Gasteiger partial charge in [0.15, 0.2) is 0 Å². The summed E-state index contributed by atoms with van der Waals surface area (Å²) >= 11 is 0. The van der Waals surface area contributed by atoms with Crippen molar-refractivity contribution >= 4 is 0 Å². The first-order chi connectivity index (χ1) is 5.61. The first-order valence-electron chi connectivity index (χ1n) is 3.90. The maximum atomic E-state index is 12.0. The van der Waals surface area contributed by atoms with E-state index in [0.29, 0.717) is 0 Å². The smallest absolute Gasteiger partial charge is 0.256 e. The Morgan fingerprint density at radius 1 is 1.50 bits per heavy atom. The van der Waals surface area contributed by atoms with Gasteiger partial charge >= 0.3 is 0 Å². The molecule has 0 atom stereocenters. The van der Waals surface area contributed by atoms with Gasteiger partial charge in [-0.1, -0.05) is 13.8 Å². The molecule has 68 valence electrons. The molecule has 0 aliphatic rings. The molecule has 4 heteroatoms. The molecule has 2 nitrogen and oxygen atoms in total. The molecule has 0 bridgehead atoms. The second-order valence-corrected chi connectivity index (χ2v) is 2.98. The van der Waals surface area contributed by atoms with Crippen LogP contribution in [0.15, 0.2) is 12.4 Å². The fourth-order valence-electron chi connectivity index (χ4n) is 1.12.